The number of anilines is 2. The van der Waals surface area contributed by atoms with Gasteiger partial charge in [0.2, 0.25) is 5.91 Å². The second kappa shape index (κ2) is 9.07. The molecule has 0 bridgehead atoms. The van der Waals surface area contributed by atoms with Gasteiger partial charge < -0.3 is 16.4 Å². The van der Waals surface area contributed by atoms with Gasteiger partial charge in [-0.15, -0.1) is 11.3 Å². The zero-order valence-electron chi connectivity index (χ0n) is 15.5. The van der Waals surface area contributed by atoms with E-state index >= 15 is 0 Å². The highest BCUT2D eigenvalue weighted by atomic mass is 32.1. The second-order valence-corrected chi connectivity index (χ2v) is 7.64. The molecule has 0 spiro atoms. The van der Waals surface area contributed by atoms with Crippen LogP contribution in [0.1, 0.15) is 40.3 Å². The molecule has 0 aliphatic carbocycles. The smallest absolute Gasteiger partial charge is 0.275 e. The maximum Gasteiger partial charge on any atom is 0.275 e. The largest absolute Gasteiger partial charge is 0.325 e. The maximum atomic E-state index is 12.4. The number of hydrogen-bond donors (Lipinski definition) is 3. The van der Waals surface area contributed by atoms with Crippen LogP contribution < -0.4 is 16.4 Å². The van der Waals surface area contributed by atoms with E-state index in [1.54, 1.807) is 11.4 Å². The lowest BCUT2D eigenvalue weighted by atomic mass is 10.1. The number of likely N-dealkylation sites (tertiary alicyclic amines) is 1. The molecule has 2 aromatic rings. The monoisotopic (exact) mass is 387 g/mol. The van der Waals surface area contributed by atoms with E-state index in [-0.39, 0.29) is 11.8 Å². The van der Waals surface area contributed by atoms with Crippen LogP contribution in [0.15, 0.2) is 23.6 Å². The van der Waals surface area contributed by atoms with Crippen molar-refractivity contribution in [3.63, 3.8) is 0 Å². The van der Waals surface area contributed by atoms with Gasteiger partial charge in [0.05, 0.1) is 6.54 Å². The molecule has 144 valence electrons. The number of aryl methyl sites for hydroxylation is 1. The van der Waals surface area contributed by atoms with Gasteiger partial charge in [-0.25, -0.2) is 4.98 Å². The Morgan fingerprint density at radius 2 is 2.00 bits per heavy atom. The predicted octanol–water partition coefficient (Wildman–Crippen LogP) is 2.59. The maximum absolute atomic E-state index is 12.4. The molecule has 2 heterocycles. The fraction of sp³-hybridized carbons (Fsp3) is 0.421. The molecule has 0 radical (unpaired) electrons. The third kappa shape index (κ3) is 5.35. The number of nitrogens with two attached hydrogens (primary N) is 1. The van der Waals surface area contributed by atoms with Crippen molar-refractivity contribution < 1.29 is 9.59 Å². The van der Waals surface area contributed by atoms with Crippen LogP contribution in [0.25, 0.3) is 0 Å². The molecule has 0 saturated carbocycles. The van der Waals surface area contributed by atoms with Crippen molar-refractivity contribution in [3.8, 4) is 0 Å². The summed E-state index contributed by atoms with van der Waals surface area (Å²) < 4.78 is 0. The van der Waals surface area contributed by atoms with Gasteiger partial charge in [-0.3, -0.25) is 14.5 Å². The number of piperidine rings is 1. The highest BCUT2D eigenvalue weighted by Gasteiger charge is 2.15. The summed E-state index contributed by atoms with van der Waals surface area (Å²) in [5.74, 6) is -0.323. The first-order chi connectivity index (χ1) is 13.0. The first-order valence-electron chi connectivity index (χ1n) is 9.14. The van der Waals surface area contributed by atoms with Crippen LogP contribution in [0.4, 0.5) is 11.4 Å². The zero-order valence-corrected chi connectivity index (χ0v) is 16.3. The van der Waals surface area contributed by atoms with Gasteiger partial charge in [0, 0.05) is 23.3 Å². The van der Waals surface area contributed by atoms with Gasteiger partial charge in [0.15, 0.2) is 0 Å². The summed E-state index contributed by atoms with van der Waals surface area (Å²) in [7, 11) is 0. The van der Waals surface area contributed by atoms with E-state index in [1.165, 1.54) is 17.8 Å². The molecular formula is C19H25N5O2S. The molecule has 27 heavy (non-hydrogen) atoms. The summed E-state index contributed by atoms with van der Waals surface area (Å²) in [5, 5.41) is 8.19. The average molecular weight is 388 g/mol. The number of rotatable bonds is 6. The summed E-state index contributed by atoms with van der Waals surface area (Å²) >= 11 is 1.36. The molecule has 1 aromatic carbocycles. The molecule has 8 heteroatoms. The SMILES string of the molecule is Cc1ccc(NC(=O)c2csc(CN)n2)cc1NC(=O)CN1CCCCC1. The molecule has 1 fully saturated rings. The molecule has 7 nitrogen and oxygen atoms in total. The first-order valence-corrected chi connectivity index (χ1v) is 10.0. The molecule has 1 saturated heterocycles. The highest BCUT2D eigenvalue weighted by Crippen LogP contribution is 2.21. The summed E-state index contributed by atoms with van der Waals surface area (Å²) in [6, 6.07) is 5.46. The number of carbonyl (C=O) groups is 2. The Bertz CT molecular complexity index is 814. The standard InChI is InChI=1S/C19H25N5O2S/c1-13-5-6-14(21-19(26)16-12-27-18(10-20)23-16)9-15(13)22-17(25)11-24-7-3-2-4-8-24/h5-6,9,12H,2-4,7-8,10-11,20H2,1H3,(H,21,26)(H,22,25). The molecule has 1 aliphatic heterocycles. The van der Waals surface area contributed by atoms with E-state index in [9.17, 15) is 9.59 Å². The molecule has 1 aromatic heterocycles. The Morgan fingerprint density at radius 1 is 1.22 bits per heavy atom. The number of amides is 2. The lowest BCUT2D eigenvalue weighted by Gasteiger charge is -2.25. The molecular weight excluding hydrogens is 362 g/mol. The van der Waals surface area contributed by atoms with E-state index in [4.69, 9.17) is 5.73 Å². The number of benzene rings is 1. The summed E-state index contributed by atoms with van der Waals surface area (Å²) in [6.45, 7) is 4.59. The molecule has 1 aliphatic rings. The molecule has 0 atom stereocenters. The minimum atomic E-state index is -0.291. The van der Waals surface area contributed by atoms with Crippen molar-refractivity contribution in [3.05, 3.63) is 39.8 Å². The Kier molecular flexibility index (Phi) is 6.54. The molecule has 3 rings (SSSR count). The molecule has 4 N–H and O–H groups in total. The van der Waals surface area contributed by atoms with Crippen LogP contribution >= 0.6 is 11.3 Å². The van der Waals surface area contributed by atoms with E-state index in [1.807, 2.05) is 19.1 Å². The van der Waals surface area contributed by atoms with Crippen LogP contribution in [0.2, 0.25) is 0 Å². The van der Waals surface area contributed by atoms with Crippen molar-refractivity contribution in [1.29, 1.82) is 0 Å². The number of aromatic nitrogens is 1. The van der Waals surface area contributed by atoms with Crippen LogP contribution in [0, 0.1) is 6.92 Å². The second-order valence-electron chi connectivity index (χ2n) is 6.70. The average Bonchev–Trinajstić information content (AvgIpc) is 3.14. The Hall–Kier alpha value is -2.29. The van der Waals surface area contributed by atoms with E-state index in [0.717, 1.165) is 36.5 Å². The van der Waals surface area contributed by atoms with Gasteiger partial charge in [-0.2, -0.15) is 0 Å². The number of thiazole rings is 1. The number of nitrogens with one attached hydrogen (secondary N) is 2. The number of hydrogen-bond acceptors (Lipinski definition) is 6. The quantitative estimate of drug-likeness (QED) is 0.707. The Morgan fingerprint density at radius 3 is 2.70 bits per heavy atom. The summed E-state index contributed by atoms with van der Waals surface area (Å²) in [5.41, 5.74) is 8.14. The predicted molar refractivity (Wildman–Crippen MR) is 108 cm³/mol. The van der Waals surface area contributed by atoms with Gasteiger partial charge in [-0.05, 0) is 50.6 Å². The van der Waals surface area contributed by atoms with Gasteiger partial charge in [-0.1, -0.05) is 12.5 Å². The minimum Gasteiger partial charge on any atom is -0.325 e. The molecule has 2 amide bonds. The summed E-state index contributed by atoms with van der Waals surface area (Å²) in [6.07, 6.45) is 3.54. The fourth-order valence-electron chi connectivity index (χ4n) is 3.05. The van der Waals surface area contributed by atoms with Crippen LogP contribution in [-0.4, -0.2) is 41.3 Å². The van der Waals surface area contributed by atoms with E-state index < -0.39 is 0 Å². The normalized spacial score (nSPS) is 14.7. The van der Waals surface area contributed by atoms with Crippen molar-refractivity contribution >= 4 is 34.5 Å². The third-order valence-electron chi connectivity index (χ3n) is 4.54. The van der Waals surface area contributed by atoms with Crippen molar-refractivity contribution in [2.24, 2.45) is 5.73 Å². The van der Waals surface area contributed by atoms with Gasteiger partial charge in [0.25, 0.3) is 5.91 Å². The lowest BCUT2D eigenvalue weighted by molar-refractivity contribution is -0.117. The van der Waals surface area contributed by atoms with Crippen molar-refractivity contribution in [2.45, 2.75) is 32.7 Å². The highest BCUT2D eigenvalue weighted by molar-refractivity contribution is 7.09. The van der Waals surface area contributed by atoms with Crippen molar-refractivity contribution in [2.75, 3.05) is 30.3 Å². The van der Waals surface area contributed by atoms with E-state index in [2.05, 4.69) is 20.5 Å². The van der Waals surface area contributed by atoms with Crippen LogP contribution in [-0.2, 0) is 11.3 Å². The van der Waals surface area contributed by atoms with Crippen LogP contribution in [0.5, 0.6) is 0 Å². The van der Waals surface area contributed by atoms with E-state index in [0.29, 0.717) is 30.2 Å². The summed E-state index contributed by atoms with van der Waals surface area (Å²) in [4.78, 5) is 31.0. The Balaban J connectivity index is 1.62. The topological polar surface area (TPSA) is 100 Å². The third-order valence-corrected chi connectivity index (χ3v) is 5.42. The van der Waals surface area contributed by atoms with Crippen molar-refractivity contribution in [1.82, 2.24) is 9.88 Å². The molecule has 0 unspecified atom stereocenters. The lowest BCUT2D eigenvalue weighted by Crippen LogP contribution is -2.36. The zero-order chi connectivity index (χ0) is 19.2. The minimum absolute atomic E-state index is 0.0319. The number of carbonyl (C=O) groups excluding carboxylic acids is 2. The fourth-order valence-corrected chi connectivity index (χ4v) is 3.70. The Labute approximate surface area is 163 Å². The first kappa shape index (κ1) is 19.5. The van der Waals surface area contributed by atoms with Gasteiger partial charge >= 0.3 is 0 Å². The van der Waals surface area contributed by atoms with Crippen LogP contribution in [0.3, 0.4) is 0 Å². The van der Waals surface area contributed by atoms with Gasteiger partial charge in [0.1, 0.15) is 10.7 Å². The number of nitrogens with zero attached hydrogens (tertiary/aromatic N) is 2.